The van der Waals surface area contributed by atoms with E-state index in [2.05, 4.69) is 5.32 Å². The first-order valence-electron chi connectivity index (χ1n) is 10.9. The molecule has 1 unspecified atom stereocenters. The average molecular weight is 496 g/mol. The van der Waals surface area contributed by atoms with E-state index in [1.807, 2.05) is 35.1 Å². The third kappa shape index (κ3) is 6.30. The van der Waals surface area contributed by atoms with Crippen LogP contribution in [0.5, 0.6) is 11.5 Å². The molecule has 182 valence electrons. The van der Waals surface area contributed by atoms with Crippen molar-refractivity contribution in [1.82, 2.24) is 10.0 Å². The predicted octanol–water partition coefficient (Wildman–Crippen LogP) is 2.82. The lowest BCUT2D eigenvalue weighted by molar-refractivity contribution is -0.120. The minimum Gasteiger partial charge on any atom is -0.454 e. The van der Waals surface area contributed by atoms with E-state index in [4.69, 9.17) is 9.47 Å². The van der Waals surface area contributed by atoms with Gasteiger partial charge in [-0.1, -0.05) is 60.7 Å². The summed E-state index contributed by atoms with van der Waals surface area (Å²) < 4.78 is 37.7. The number of nitrogens with zero attached hydrogens (tertiary/aromatic N) is 1. The van der Waals surface area contributed by atoms with Crippen LogP contribution < -0.4 is 24.4 Å². The summed E-state index contributed by atoms with van der Waals surface area (Å²) in [7, 11) is -2.40. The first kappa shape index (κ1) is 24.1. The molecule has 35 heavy (non-hydrogen) atoms. The van der Waals surface area contributed by atoms with Gasteiger partial charge in [-0.25, -0.2) is 17.9 Å². The van der Waals surface area contributed by atoms with E-state index >= 15 is 0 Å². The Kier molecular flexibility index (Phi) is 7.21. The highest BCUT2D eigenvalue weighted by Crippen LogP contribution is 2.35. The number of urea groups is 1. The van der Waals surface area contributed by atoms with Gasteiger partial charge in [0.2, 0.25) is 22.7 Å². The van der Waals surface area contributed by atoms with Crippen molar-refractivity contribution in [3.05, 3.63) is 90.0 Å². The summed E-state index contributed by atoms with van der Waals surface area (Å²) in [6.07, 6.45) is 0.167. The molecular weight excluding hydrogens is 470 g/mol. The lowest BCUT2D eigenvalue weighted by Crippen LogP contribution is -2.52. The molecule has 3 amide bonds. The molecule has 1 aliphatic rings. The Morgan fingerprint density at radius 2 is 1.54 bits per heavy atom. The van der Waals surface area contributed by atoms with Crippen molar-refractivity contribution in [3.63, 3.8) is 0 Å². The number of anilines is 1. The largest absolute Gasteiger partial charge is 0.454 e. The number of ether oxygens (including phenoxy) is 2. The molecule has 0 spiro atoms. The van der Waals surface area contributed by atoms with Gasteiger partial charge < -0.3 is 19.7 Å². The fourth-order valence-electron chi connectivity index (χ4n) is 3.66. The van der Waals surface area contributed by atoms with Crippen molar-refractivity contribution in [2.45, 2.75) is 18.2 Å². The van der Waals surface area contributed by atoms with Gasteiger partial charge in [0.1, 0.15) is 6.04 Å². The van der Waals surface area contributed by atoms with Gasteiger partial charge in [-0.2, -0.15) is 0 Å². The van der Waals surface area contributed by atoms with E-state index in [0.717, 1.165) is 5.56 Å². The lowest BCUT2D eigenvalue weighted by Gasteiger charge is -2.25. The van der Waals surface area contributed by atoms with Gasteiger partial charge in [0.25, 0.3) is 0 Å². The number of carbonyl (C=O) groups excluding carboxylic acids is 2. The number of carbonyl (C=O) groups is 2. The molecule has 1 atom stereocenters. The first-order valence-corrected chi connectivity index (χ1v) is 12.5. The van der Waals surface area contributed by atoms with E-state index in [1.54, 1.807) is 55.6 Å². The van der Waals surface area contributed by atoms with Crippen LogP contribution in [0.4, 0.5) is 10.5 Å². The second-order valence-corrected chi connectivity index (χ2v) is 9.72. The average Bonchev–Trinajstić information content (AvgIpc) is 3.31. The van der Waals surface area contributed by atoms with Crippen LogP contribution in [-0.4, -0.2) is 40.2 Å². The molecule has 0 bridgehead atoms. The van der Waals surface area contributed by atoms with E-state index in [-0.39, 0.29) is 19.0 Å². The molecule has 0 aliphatic carbocycles. The van der Waals surface area contributed by atoms with E-state index < -0.39 is 28.0 Å². The Bertz CT molecular complexity index is 1300. The fraction of sp³-hybridized carbons (Fsp3) is 0.200. The van der Waals surface area contributed by atoms with Crippen LogP contribution in [0.3, 0.4) is 0 Å². The van der Waals surface area contributed by atoms with Gasteiger partial charge in [0, 0.05) is 25.2 Å². The number of rotatable bonds is 8. The summed E-state index contributed by atoms with van der Waals surface area (Å²) in [6.45, 7) is 0.103. The molecule has 0 radical (unpaired) electrons. The fourth-order valence-corrected chi connectivity index (χ4v) is 4.71. The highest BCUT2D eigenvalue weighted by molar-refractivity contribution is 7.89. The number of amides is 3. The van der Waals surface area contributed by atoms with Gasteiger partial charge in [-0.05, 0) is 23.3 Å². The molecule has 3 aromatic carbocycles. The van der Waals surface area contributed by atoms with Crippen LogP contribution in [0.25, 0.3) is 0 Å². The number of fused-ring (bicyclic) bond motifs is 1. The molecule has 4 rings (SSSR count). The summed E-state index contributed by atoms with van der Waals surface area (Å²) in [4.78, 5) is 27.4. The third-order valence-corrected chi connectivity index (χ3v) is 6.62. The zero-order valence-electron chi connectivity index (χ0n) is 19.0. The standard InChI is InChI=1S/C25H25N3O6S/c1-28(20-12-13-22-23(15-20)34-17-33-22)24(29)21(14-18-8-4-2-5-9-18)26-25(30)27-35(31,32)16-19-10-6-3-7-11-19/h2-13,15,21H,14,16-17H2,1H3,(H2,26,27,30). The number of benzene rings is 3. The molecule has 9 nitrogen and oxygen atoms in total. The van der Waals surface area contributed by atoms with E-state index in [0.29, 0.717) is 22.7 Å². The molecule has 3 aromatic rings. The second kappa shape index (κ2) is 10.5. The molecule has 2 N–H and O–H groups in total. The van der Waals surface area contributed by atoms with Crippen molar-refractivity contribution in [1.29, 1.82) is 0 Å². The van der Waals surface area contributed by atoms with Gasteiger partial charge >= 0.3 is 6.03 Å². The van der Waals surface area contributed by atoms with Crippen LogP contribution in [0.15, 0.2) is 78.9 Å². The van der Waals surface area contributed by atoms with Crippen LogP contribution in [-0.2, 0) is 27.0 Å². The van der Waals surface area contributed by atoms with Crippen molar-refractivity contribution in [2.24, 2.45) is 0 Å². The van der Waals surface area contributed by atoms with Crippen molar-refractivity contribution in [2.75, 3.05) is 18.7 Å². The number of sulfonamides is 1. The number of hydrogen-bond donors (Lipinski definition) is 2. The molecular formula is C25H25N3O6S. The Morgan fingerprint density at radius 3 is 2.23 bits per heavy atom. The molecule has 0 fully saturated rings. The molecule has 0 saturated heterocycles. The Morgan fingerprint density at radius 1 is 0.914 bits per heavy atom. The highest BCUT2D eigenvalue weighted by atomic mass is 32.2. The number of likely N-dealkylation sites (N-methyl/N-ethyl adjacent to an activating group) is 1. The quantitative estimate of drug-likeness (QED) is 0.497. The molecule has 1 aliphatic heterocycles. The minimum atomic E-state index is -3.97. The normalized spacial score (nSPS) is 13.1. The van der Waals surface area contributed by atoms with Crippen molar-refractivity contribution in [3.8, 4) is 11.5 Å². The van der Waals surface area contributed by atoms with Crippen LogP contribution in [0, 0.1) is 0 Å². The summed E-state index contributed by atoms with van der Waals surface area (Å²) in [5, 5.41) is 2.53. The van der Waals surface area contributed by atoms with Gasteiger partial charge in [0.15, 0.2) is 11.5 Å². The molecule has 0 aromatic heterocycles. The van der Waals surface area contributed by atoms with Gasteiger partial charge in [0.05, 0.1) is 5.75 Å². The third-order valence-electron chi connectivity index (χ3n) is 5.41. The molecule has 1 heterocycles. The molecule has 0 saturated carbocycles. The monoisotopic (exact) mass is 495 g/mol. The zero-order valence-corrected chi connectivity index (χ0v) is 19.8. The number of hydrogen-bond acceptors (Lipinski definition) is 6. The summed E-state index contributed by atoms with van der Waals surface area (Å²) in [5.74, 6) is 0.301. The van der Waals surface area contributed by atoms with Crippen molar-refractivity contribution >= 4 is 27.6 Å². The van der Waals surface area contributed by atoms with E-state index in [9.17, 15) is 18.0 Å². The Balaban J connectivity index is 1.49. The lowest BCUT2D eigenvalue weighted by atomic mass is 10.0. The maximum Gasteiger partial charge on any atom is 0.329 e. The minimum absolute atomic E-state index is 0.103. The molecule has 10 heteroatoms. The maximum atomic E-state index is 13.4. The van der Waals surface area contributed by atoms with Crippen LogP contribution >= 0.6 is 0 Å². The topological polar surface area (TPSA) is 114 Å². The van der Waals surface area contributed by atoms with Crippen LogP contribution in [0.2, 0.25) is 0 Å². The zero-order chi connectivity index (χ0) is 24.8. The SMILES string of the molecule is CN(C(=O)C(Cc1ccccc1)NC(=O)NS(=O)(=O)Cc1ccccc1)c1ccc2c(c1)OCO2. The Labute approximate surface area is 203 Å². The van der Waals surface area contributed by atoms with Crippen molar-refractivity contribution < 1.29 is 27.5 Å². The maximum absolute atomic E-state index is 13.4. The van der Waals surface area contributed by atoms with E-state index in [1.165, 1.54) is 4.90 Å². The van der Waals surface area contributed by atoms with Crippen LogP contribution in [0.1, 0.15) is 11.1 Å². The number of nitrogens with one attached hydrogen (secondary N) is 2. The summed E-state index contributed by atoms with van der Waals surface area (Å²) in [6, 6.07) is 20.7. The van der Waals surface area contributed by atoms with Gasteiger partial charge in [-0.3, -0.25) is 4.79 Å². The Hall–Kier alpha value is -4.05. The predicted molar refractivity (Wildman–Crippen MR) is 131 cm³/mol. The first-order chi connectivity index (χ1) is 16.8. The summed E-state index contributed by atoms with van der Waals surface area (Å²) >= 11 is 0. The smallest absolute Gasteiger partial charge is 0.329 e. The second-order valence-electron chi connectivity index (χ2n) is 8.00. The summed E-state index contributed by atoms with van der Waals surface area (Å²) in [5.41, 5.74) is 1.88. The highest BCUT2D eigenvalue weighted by Gasteiger charge is 2.28. The van der Waals surface area contributed by atoms with Gasteiger partial charge in [-0.15, -0.1) is 0 Å².